The molecule has 1 saturated carbocycles. The first-order valence-corrected chi connectivity index (χ1v) is 13.0. The van der Waals surface area contributed by atoms with E-state index in [9.17, 15) is 9.90 Å². The lowest BCUT2D eigenvalue weighted by molar-refractivity contribution is -0.122. The lowest BCUT2D eigenvalue weighted by Crippen LogP contribution is -2.38. The van der Waals surface area contributed by atoms with Gasteiger partial charge in [0.15, 0.2) is 11.5 Å². The Kier molecular flexibility index (Phi) is 7.11. The minimum atomic E-state index is -0.524. The summed E-state index contributed by atoms with van der Waals surface area (Å²) >= 11 is 6.59. The summed E-state index contributed by atoms with van der Waals surface area (Å²) in [5.41, 5.74) is 3.38. The van der Waals surface area contributed by atoms with E-state index in [1.165, 1.54) is 0 Å². The third-order valence-corrected chi connectivity index (χ3v) is 7.59. The fourth-order valence-electron chi connectivity index (χ4n) is 5.17. The van der Waals surface area contributed by atoms with Gasteiger partial charge >= 0.3 is 0 Å². The molecule has 5 rings (SSSR count). The van der Waals surface area contributed by atoms with Crippen LogP contribution in [0.4, 0.5) is 0 Å². The Morgan fingerprint density at radius 1 is 1.11 bits per heavy atom. The van der Waals surface area contributed by atoms with E-state index in [1.54, 1.807) is 0 Å². The standard InChI is InChI=1S/C29H33ClN2O4/c1-18(2)13-22(16-33)31-27(23-5-3-4-6-24(23)30)19-7-9-21(14-19)32-28(34)29(11-12-29)20-8-10-25-26(15-20)36-17-35-25/h3-10,15,18,22,27,31,33H,11-14,16-17H2,1-2H3,(H,32,34)/t22-,27?/m0/s1. The Hall–Kier alpha value is -2.80. The normalized spacial score (nSPS) is 19.0. The molecule has 2 aromatic rings. The number of amides is 1. The molecule has 2 aliphatic carbocycles. The molecule has 0 saturated heterocycles. The smallest absolute Gasteiger partial charge is 0.234 e. The summed E-state index contributed by atoms with van der Waals surface area (Å²) < 4.78 is 10.9. The Labute approximate surface area is 217 Å². The fraction of sp³-hybridized carbons (Fsp3) is 0.414. The zero-order valence-corrected chi connectivity index (χ0v) is 21.5. The summed E-state index contributed by atoms with van der Waals surface area (Å²) in [5, 5.41) is 17.5. The van der Waals surface area contributed by atoms with Crippen molar-refractivity contribution in [1.29, 1.82) is 0 Å². The van der Waals surface area contributed by atoms with Crippen molar-refractivity contribution in [1.82, 2.24) is 10.6 Å². The van der Waals surface area contributed by atoms with E-state index in [2.05, 4.69) is 30.6 Å². The number of carbonyl (C=O) groups is 1. The Balaban J connectivity index is 1.29. The molecule has 190 valence electrons. The van der Waals surface area contributed by atoms with E-state index in [1.807, 2.05) is 48.5 Å². The third kappa shape index (κ3) is 5.03. The number of hydrogen-bond donors (Lipinski definition) is 3. The van der Waals surface area contributed by atoms with E-state index in [-0.39, 0.29) is 31.4 Å². The molecule has 1 heterocycles. The number of aliphatic hydroxyl groups is 1. The molecule has 1 aliphatic heterocycles. The largest absolute Gasteiger partial charge is 0.454 e. The van der Waals surface area contributed by atoms with Gasteiger partial charge in [-0.1, -0.05) is 55.8 Å². The van der Waals surface area contributed by atoms with Crippen LogP contribution in [-0.2, 0) is 10.2 Å². The van der Waals surface area contributed by atoms with Crippen molar-refractivity contribution in [2.75, 3.05) is 13.4 Å². The van der Waals surface area contributed by atoms with Crippen LogP contribution in [0.2, 0.25) is 5.02 Å². The van der Waals surface area contributed by atoms with Gasteiger partial charge in [0.1, 0.15) is 0 Å². The highest BCUT2D eigenvalue weighted by molar-refractivity contribution is 6.31. The zero-order valence-electron chi connectivity index (χ0n) is 20.7. The van der Waals surface area contributed by atoms with Gasteiger partial charge in [-0.25, -0.2) is 0 Å². The molecule has 2 atom stereocenters. The molecule has 0 radical (unpaired) electrons. The van der Waals surface area contributed by atoms with Crippen molar-refractivity contribution in [2.24, 2.45) is 5.92 Å². The molecular formula is C29H33ClN2O4. The number of ether oxygens (including phenoxy) is 2. The molecule has 0 aromatic heterocycles. The molecular weight excluding hydrogens is 476 g/mol. The van der Waals surface area contributed by atoms with E-state index in [0.29, 0.717) is 23.1 Å². The van der Waals surface area contributed by atoms with Crippen LogP contribution < -0.4 is 20.1 Å². The molecule has 1 unspecified atom stereocenters. The molecule has 1 amide bonds. The average molecular weight is 509 g/mol. The number of hydrogen-bond acceptors (Lipinski definition) is 5. The zero-order chi connectivity index (χ0) is 25.3. The summed E-state index contributed by atoms with van der Waals surface area (Å²) in [6.45, 7) is 4.55. The molecule has 36 heavy (non-hydrogen) atoms. The van der Waals surface area contributed by atoms with Crippen LogP contribution in [0.3, 0.4) is 0 Å². The third-order valence-electron chi connectivity index (χ3n) is 7.24. The Morgan fingerprint density at radius 3 is 2.61 bits per heavy atom. The van der Waals surface area contributed by atoms with Crippen LogP contribution in [0.15, 0.2) is 65.9 Å². The van der Waals surface area contributed by atoms with Crippen LogP contribution in [-0.4, -0.2) is 30.5 Å². The van der Waals surface area contributed by atoms with Gasteiger partial charge < -0.3 is 25.2 Å². The van der Waals surface area contributed by atoms with Crippen molar-refractivity contribution in [2.45, 2.75) is 57.0 Å². The van der Waals surface area contributed by atoms with E-state index in [4.69, 9.17) is 21.1 Å². The van der Waals surface area contributed by atoms with Gasteiger partial charge in [0.25, 0.3) is 0 Å². The minimum absolute atomic E-state index is 0.0116. The summed E-state index contributed by atoms with van der Waals surface area (Å²) in [5.74, 6) is 1.87. The number of halogens is 1. The van der Waals surface area contributed by atoms with Crippen molar-refractivity contribution < 1.29 is 19.4 Å². The molecule has 3 aliphatic rings. The molecule has 0 bridgehead atoms. The predicted octanol–water partition coefficient (Wildman–Crippen LogP) is 5.17. The number of allylic oxidation sites excluding steroid dienone is 3. The topological polar surface area (TPSA) is 79.8 Å². The molecule has 0 spiro atoms. The Morgan fingerprint density at radius 2 is 1.89 bits per heavy atom. The fourth-order valence-corrected chi connectivity index (χ4v) is 5.41. The van der Waals surface area contributed by atoms with Gasteiger partial charge in [-0.15, -0.1) is 0 Å². The first-order valence-electron chi connectivity index (χ1n) is 12.6. The van der Waals surface area contributed by atoms with Crippen LogP contribution in [0.25, 0.3) is 0 Å². The number of rotatable bonds is 10. The van der Waals surface area contributed by atoms with Crippen molar-refractivity contribution >= 4 is 17.5 Å². The lowest BCUT2D eigenvalue weighted by atomic mass is 9.93. The second-order valence-corrected chi connectivity index (χ2v) is 10.8. The maximum absolute atomic E-state index is 13.4. The van der Waals surface area contributed by atoms with Crippen LogP contribution >= 0.6 is 11.6 Å². The second kappa shape index (κ2) is 10.3. The van der Waals surface area contributed by atoms with Gasteiger partial charge in [-0.05, 0) is 66.2 Å². The van der Waals surface area contributed by atoms with Crippen LogP contribution in [0, 0.1) is 5.92 Å². The summed E-state index contributed by atoms with van der Waals surface area (Å²) in [7, 11) is 0. The van der Waals surface area contributed by atoms with Gasteiger partial charge in [0, 0.05) is 23.2 Å². The van der Waals surface area contributed by atoms with E-state index in [0.717, 1.165) is 47.4 Å². The minimum Gasteiger partial charge on any atom is -0.454 e. The first kappa shape index (κ1) is 24.9. The van der Waals surface area contributed by atoms with E-state index >= 15 is 0 Å². The van der Waals surface area contributed by atoms with Crippen molar-refractivity contribution in [3.63, 3.8) is 0 Å². The molecule has 2 aromatic carbocycles. The summed E-state index contributed by atoms with van der Waals surface area (Å²) in [6.07, 6.45) is 7.10. The summed E-state index contributed by atoms with van der Waals surface area (Å²) in [6, 6.07) is 13.3. The second-order valence-electron chi connectivity index (χ2n) is 10.3. The Bertz CT molecular complexity index is 1200. The van der Waals surface area contributed by atoms with Crippen LogP contribution in [0.1, 0.15) is 56.7 Å². The average Bonchev–Trinajstić information content (AvgIpc) is 3.32. The quantitative estimate of drug-likeness (QED) is 0.412. The van der Waals surface area contributed by atoms with Gasteiger partial charge in [-0.3, -0.25) is 4.79 Å². The lowest BCUT2D eigenvalue weighted by Gasteiger charge is -2.28. The predicted molar refractivity (Wildman–Crippen MR) is 140 cm³/mol. The van der Waals surface area contributed by atoms with Crippen molar-refractivity contribution in [3.8, 4) is 11.5 Å². The summed E-state index contributed by atoms with van der Waals surface area (Å²) in [4.78, 5) is 13.4. The maximum Gasteiger partial charge on any atom is 0.234 e. The van der Waals surface area contributed by atoms with Gasteiger partial charge in [-0.2, -0.15) is 0 Å². The number of nitrogens with one attached hydrogen (secondary N) is 2. The molecule has 6 nitrogen and oxygen atoms in total. The first-order chi connectivity index (χ1) is 17.4. The monoisotopic (exact) mass is 508 g/mol. The number of fused-ring (bicyclic) bond motifs is 1. The number of benzene rings is 2. The number of aliphatic hydroxyl groups excluding tert-OH is 1. The van der Waals surface area contributed by atoms with Gasteiger partial charge in [0.2, 0.25) is 12.7 Å². The van der Waals surface area contributed by atoms with Crippen molar-refractivity contribution in [3.05, 3.63) is 82.0 Å². The highest BCUT2D eigenvalue weighted by Gasteiger charge is 2.52. The van der Waals surface area contributed by atoms with Crippen LogP contribution in [0.5, 0.6) is 11.5 Å². The molecule has 3 N–H and O–H groups in total. The maximum atomic E-state index is 13.4. The number of carbonyl (C=O) groups excluding carboxylic acids is 1. The van der Waals surface area contributed by atoms with E-state index < -0.39 is 5.41 Å². The highest BCUT2D eigenvalue weighted by Crippen LogP contribution is 2.51. The molecule has 1 fully saturated rings. The van der Waals surface area contributed by atoms with Gasteiger partial charge in [0.05, 0.1) is 18.1 Å². The highest BCUT2D eigenvalue weighted by atomic mass is 35.5. The molecule has 7 heteroatoms. The SMILES string of the molecule is CC(C)C[C@@H](CO)NC(C1=CC=C(NC(=O)C2(c3ccc4c(c3)OCO4)CC2)C1)c1ccccc1Cl.